The van der Waals surface area contributed by atoms with Crippen LogP contribution in [0.5, 0.6) is 0 Å². The van der Waals surface area contributed by atoms with Crippen LogP contribution in [0.1, 0.15) is 11.3 Å². The van der Waals surface area contributed by atoms with Crippen LogP contribution >= 0.6 is 22.9 Å². The van der Waals surface area contributed by atoms with Crippen LogP contribution in [-0.2, 0) is 6.54 Å². The number of furan rings is 1. The number of benzene rings is 2. The first kappa shape index (κ1) is 17.5. The Kier molecular flexibility index (Phi) is 5.32. The van der Waals surface area contributed by atoms with Gasteiger partial charge < -0.3 is 8.98 Å². The van der Waals surface area contributed by atoms with Crippen LogP contribution in [0.15, 0.2) is 93.0 Å². The first-order valence-electron chi connectivity index (χ1n) is 8.38. The van der Waals surface area contributed by atoms with Crippen LogP contribution in [-0.4, -0.2) is 10.8 Å². The van der Waals surface area contributed by atoms with Crippen molar-refractivity contribution in [1.82, 2.24) is 4.57 Å². The lowest BCUT2D eigenvalue weighted by atomic mass is 10.2. The molecule has 0 N–H and O–H groups in total. The standard InChI is InChI=1S/C21H16ClN3OS/c22-18-10-8-17(9-11-18)20-15-27-21(25(20)14-19-7-4-12-26-19)24-23-13-16-5-2-1-3-6-16/h1-13,15H,14H2/b23-13-,24-21-. The van der Waals surface area contributed by atoms with Gasteiger partial charge in [-0.1, -0.05) is 54.1 Å². The Balaban J connectivity index is 1.73. The molecule has 0 atom stereocenters. The third-order valence-corrected chi connectivity index (χ3v) is 5.09. The van der Waals surface area contributed by atoms with Gasteiger partial charge in [-0.15, -0.1) is 16.4 Å². The molecule has 0 saturated heterocycles. The molecular weight excluding hydrogens is 378 g/mol. The number of aromatic nitrogens is 1. The zero-order chi connectivity index (χ0) is 18.5. The highest BCUT2D eigenvalue weighted by Crippen LogP contribution is 2.23. The first-order chi connectivity index (χ1) is 13.3. The van der Waals surface area contributed by atoms with Crippen LogP contribution < -0.4 is 4.80 Å². The molecule has 6 heteroatoms. The zero-order valence-electron chi connectivity index (χ0n) is 14.3. The molecule has 0 fully saturated rings. The van der Waals surface area contributed by atoms with E-state index < -0.39 is 0 Å². The van der Waals surface area contributed by atoms with Crippen molar-refractivity contribution in [3.05, 3.63) is 99.5 Å². The summed E-state index contributed by atoms with van der Waals surface area (Å²) in [6.07, 6.45) is 3.42. The smallest absolute Gasteiger partial charge is 0.211 e. The van der Waals surface area contributed by atoms with Crippen molar-refractivity contribution >= 4 is 29.2 Å². The van der Waals surface area contributed by atoms with Gasteiger partial charge >= 0.3 is 0 Å². The predicted octanol–water partition coefficient (Wildman–Crippen LogP) is 5.45. The zero-order valence-corrected chi connectivity index (χ0v) is 15.9. The lowest BCUT2D eigenvalue weighted by molar-refractivity contribution is 0.491. The van der Waals surface area contributed by atoms with Crippen LogP contribution in [0.2, 0.25) is 5.02 Å². The number of halogens is 1. The summed E-state index contributed by atoms with van der Waals surface area (Å²) in [7, 11) is 0. The molecule has 134 valence electrons. The van der Waals surface area contributed by atoms with Crippen molar-refractivity contribution in [2.45, 2.75) is 6.54 Å². The van der Waals surface area contributed by atoms with Crippen molar-refractivity contribution in [3.63, 3.8) is 0 Å². The van der Waals surface area contributed by atoms with E-state index in [1.165, 1.54) is 0 Å². The van der Waals surface area contributed by atoms with Crippen molar-refractivity contribution in [1.29, 1.82) is 0 Å². The Morgan fingerprint density at radius 3 is 2.56 bits per heavy atom. The molecule has 2 aromatic heterocycles. The molecule has 4 rings (SSSR count). The molecule has 2 heterocycles. The molecule has 0 saturated carbocycles. The summed E-state index contributed by atoms with van der Waals surface area (Å²) in [4.78, 5) is 0.795. The van der Waals surface area contributed by atoms with Crippen molar-refractivity contribution in [2.75, 3.05) is 0 Å². The van der Waals surface area contributed by atoms with E-state index in [0.29, 0.717) is 11.6 Å². The highest BCUT2D eigenvalue weighted by molar-refractivity contribution is 7.07. The third kappa shape index (κ3) is 4.27. The van der Waals surface area contributed by atoms with Gasteiger partial charge in [-0.3, -0.25) is 0 Å². The van der Waals surface area contributed by atoms with Crippen molar-refractivity contribution in [3.8, 4) is 11.3 Å². The second-order valence-electron chi connectivity index (χ2n) is 5.83. The minimum absolute atomic E-state index is 0.578. The molecule has 0 radical (unpaired) electrons. The molecule has 0 aliphatic heterocycles. The van der Waals surface area contributed by atoms with Gasteiger partial charge in [0.15, 0.2) is 0 Å². The predicted molar refractivity (Wildman–Crippen MR) is 110 cm³/mol. The van der Waals surface area contributed by atoms with E-state index in [0.717, 1.165) is 27.4 Å². The van der Waals surface area contributed by atoms with Gasteiger partial charge in [0.05, 0.1) is 24.7 Å². The number of hydrogen-bond acceptors (Lipinski definition) is 4. The van der Waals surface area contributed by atoms with E-state index in [4.69, 9.17) is 16.0 Å². The van der Waals surface area contributed by atoms with E-state index in [1.807, 2.05) is 66.7 Å². The summed E-state index contributed by atoms with van der Waals surface area (Å²) in [5, 5.41) is 11.5. The highest BCUT2D eigenvalue weighted by Gasteiger charge is 2.10. The SMILES string of the molecule is Clc1ccc(-c2cs/c(=N\N=C/c3ccccc3)n2Cc2ccco2)cc1. The topological polar surface area (TPSA) is 42.8 Å². The van der Waals surface area contributed by atoms with Crippen LogP contribution in [0.3, 0.4) is 0 Å². The lowest BCUT2D eigenvalue weighted by Crippen LogP contribution is -2.16. The van der Waals surface area contributed by atoms with Crippen LogP contribution in [0.4, 0.5) is 0 Å². The number of hydrogen-bond donors (Lipinski definition) is 0. The van der Waals surface area contributed by atoms with E-state index in [1.54, 1.807) is 23.8 Å². The maximum Gasteiger partial charge on any atom is 0.211 e. The molecule has 4 nitrogen and oxygen atoms in total. The van der Waals surface area contributed by atoms with Gasteiger partial charge in [0.25, 0.3) is 0 Å². The fourth-order valence-electron chi connectivity index (χ4n) is 2.66. The summed E-state index contributed by atoms with van der Waals surface area (Å²) in [5.74, 6) is 0.858. The Morgan fingerprint density at radius 1 is 1.00 bits per heavy atom. The lowest BCUT2D eigenvalue weighted by Gasteiger charge is -2.07. The molecule has 0 aliphatic rings. The summed E-state index contributed by atoms with van der Waals surface area (Å²) in [5.41, 5.74) is 3.12. The summed E-state index contributed by atoms with van der Waals surface area (Å²) in [6, 6.07) is 21.5. The Bertz CT molecular complexity index is 1090. The Morgan fingerprint density at radius 2 is 1.81 bits per heavy atom. The molecule has 27 heavy (non-hydrogen) atoms. The molecule has 0 aliphatic carbocycles. The fourth-order valence-corrected chi connectivity index (χ4v) is 3.65. The van der Waals surface area contributed by atoms with Gasteiger partial charge in [0.1, 0.15) is 5.76 Å². The minimum Gasteiger partial charge on any atom is -0.467 e. The average molecular weight is 394 g/mol. The maximum absolute atomic E-state index is 6.03. The Labute approximate surface area is 165 Å². The highest BCUT2D eigenvalue weighted by atomic mass is 35.5. The molecular formula is C21H16ClN3OS. The van der Waals surface area contributed by atoms with Gasteiger partial charge in [0.2, 0.25) is 4.80 Å². The van der Waals surface area contributed by atoms with Crippen molar-refractivity contribution < 1.29 is 4.42 Å². The van der Waals surface area contributed by atoms with E-state index >= 15 is 0 Å². The van der Waals surface area contributed by atoms with Gasteiger partial charge in [0, 0.05) is 10.4 Å². The first-order valence-corrected chi connectivity index (χ1v) is 9.64. The summed E-state index contributed by atoms with van der Waals surface area (Å²) >= 11 is 7.57. The van der Waals surface area contributed by atoms with Gasteiger partial charge in [-0.25, -0.2) is 0 Å². The van der Waals surface area contributed by atoms with Crippen molar-refractivity contribution in [2.24, 2.45) is 10.2 Å². The molecule has 2 aromatic carbocycles. The molecule has 0 unspecified atom stereocenters. The van der Waals surface area contributed by atoms with Gasteiger partial charge in [-0.05, 0) is 35.4 Å². The second-order valence-corrected chi connectivity index (χ2v) is 7.10. The number of rotatable bonds is 5. The quantitative estimate of drug-likeness (QED) is 0.328. The average Bonchev–Trinajstić information content (AvgIpc) is 3.34. The Hall–Kier alpha value is -2.89. The molecule has 0 amide bonds. The van der Waals surface area contributed by atoms with Crippen LogP contribution in [0.25, 0.3) is 11.3 Å². The summed E-state index contributed by atoms with van der Waals surface area (Å²) in [6.45, 7) is 0.578. The van der Waals surface area contributed by atoms with E-state index in [2.05, 4.69) is 20.1 Å². The second kappa shape index (κ2) is 8.20. The van der Waals surface area contributed by atoms with E-state index in [9.17, 15) is 0 Å². The largest absolute Gasteiger partial charge is 0.467 e. The van der Waals surface area contributed by atoms with Crippen LogP contribution in [0, 0.1) is 0 Å². The number of thiazole rings is 1. The maximum atomic E-state index is 6.03. The summed E-state index contributed by atoms with van der Waals surface area (Å²) < 4.78 is 7.62. The minimum atomic E-state index is 0.578. The number of nitrogens with zero attached hydrogens (tertiary/aromatic N) is 3. The molecule has 4 aromatic rings. The van der Waals surface area contributed by atoms with Gasteiger partial charge in [-0.2, -0.15) is 5.10 Å². The molecule has 0 bridgehead atoms. The third-order valence-electron chi connectivity index (χ3n) is 3.98. The van der Waals surface area contributed by atoms with E-state index in [-0.39, 0.29) is 0 Å². The monoisotopic (exact) mass is 393 g/mol. The fraction of sp³-hybridized carbons (Fsp3) is 0.0476. The molecule has 0 spiro atoms. The normalized spacial score (nSPS) is 12.1.